The third-order valence-electron chi connectivity index (χ3n) is 3.46. The smallest absolute Gasteiger partial charge is 0.342 e. The van der Waals surface area contributed by atoms with Crippen molar-refractivity contribution in [2.75, 3.05) is 12.4 Å². The number of methoxy groups -OCH3 is 1. The van der Waals surface area contributed by atoms with Crippen LogP contribution in [0.4, 0.5) is 5.69 Å². The number of sulfonamides is 1. The molecule has 1 amide bonds. The van der Waals surface area contributed by atoms with E-state index in [4.69, 9.17) is 26.2 Å². The highest BCUT2D eigenvalue weighted by Crippen LogP contribution is 2.24. The topological polar surface area (TPSA) is 125 Å². The fourth-order valence-corrected chi connectivity index (χ4v) is 2.84. The molecule has 0 unspecified atom stereocenters. The molecule has 0 aliphatic heterocycles. The van der Waals surface area contributed by atoms with Gasteiger partial charge in [-0.1, -0.05) is 17.7 Å². The maximum absolute atomic E-state index is 12.3. The summed E-state index contributed by atoms with van der Waals surface area (Å²) in [6.07, 6.45) is -1.17. The molecule has 27 heavy (non-hydrogen) atoms. The molecular formula is C17H17ClN2O6S. The van der Waals surface area contributed by atoms with Crippen molar-refractivity contribution in [3.8, 4) is 5.75 Å². The number of esters is 1. The van der Waals surface area contributed by atoms with Gasteiger partial charge in [0.05, 0.1) is 12.0 Å². The summed E-state index contributed by atoms with van der Waals surface area (Å²) in [5.74, 6) is -1.20. The van der Waals surface area contributed by atoms with Gasteiger partial charge < -0.3 is 14.8 Å². The van der Waals surface area contributed by atoms with Gasteiger partial charge in [-0.2, -0.15) is 0 Å². The lowest BCUT2D eigenvalue weighted by Gasteiger charge is -2.15. The van der Waals surface area contributed by atoms with Crippen molar-refractivity contribution in [2.24, 2.45) is 5.14 Å². The SMILES string of the molecule is COc1ccc(Cl)cc1C(=O)O[C@@H](C)C(=O)Nc1cccc(S(N)(=O)=O)c1. The van der Waals surface area contributed by atoms with Crippen molar-refractivity contribution in [3.63, 3.8) is 0 Å². The number of benzene rings is 2. The van der Waals surface area contributed by atoms with Gasteiger partial charge in [0.1, 0.15) is 11.3 Å². The molecule has 0 bridgehead atoms. The number of hydrogen-bond acceptors (Lipinski definition) is 6. The Kier molecular flexibility index (Phi) is 6.42. The largest absolute Gasteiger partial charge is 0.496 e. The number of nitrogens with two attached hydrogens (primary N) is 1. The van der Waals surface area contributed by atoms with Crippen molar-refractivity contribution < 1.29 is 27.5 Å². The number of hydrogen-bond donors (Lipinski definition) is 2. The molecule has 0 aromatic heterocycles. The summed E-state index contributed by atoms with van der Waals surface area (Å²) < 4.78 is 32.9. The zero-order chi connectivity index (χ0) is 20.2. The van der Waals surface area contributed by atoms with Gasteiger partial charge in [-0.3, -0.25) is 4.79 Å². The van der Waals surface area contributed by atoms with Crippen LogP contribution in [0.25, 0.3) is 0 Å². The van der Waals surface area contributed by atoms with Crippen LogP contribution in [0.3, 0.4) is 0 Å². The average molecular weight is 413 g/mol. The van der Waals surface area contributed by atoms with Crippen LogP contribution in [0.15, 0.2) is 47.4 Å². The minimum absolute atomic E-state index is 0.0703. The standard InChI is InChI=1S/C17H17ClN2O6S/c1-10(26-17(22)14-8-11(18)6-7-15(14)25-2)16(21)20-12-4-3-5-13(9-12)27(19,23)24/h3-10H,1-2H3,(H,20,21)(H2,19,23,24)/t10-/m0/s1. The quantitative estimate of drug-likeness (QED) is 0.700. The van der Waals surface area contributed by atoms with E-state index < -0.39 is 28.0 Å². The van der Waals surface area contributed by atoms with Crippen LogP contribution in [0, 0.1) is 0 Å². The molecule has 2 rings (SSSR count). The first-order valence-corrected chi connectivity index (χ1v) is 9.52. The minimum atomic E-state index is -3.91. The molecule has 0 spiro atoms. The van der Waals surface area contributed by atoms with E-state index in [1.807, 2.05) is 0 Å². The van der Waals surface area contributed by atoms with E-state index in [1.165, 1.54) is 50.4 Å². The lowest BCUT2D eigenvalue weighted by atomic mass is 10.2. The highest BCUT2D eigenvalue weighted by Gasteiger charge is 2.22. The van der Waals surface area contributed by atoms with E-state index in [0.29, 0.717) is 5.02 Å². The lowest BCUT2D eigenvalue weighted by molar-refractivity contribution is -0.123. The van der Waals surface area contributed by atoms with Crippen molar-refractivity contribution >= 4 is 39.2 Å². The molecule has 0 fully saturated rings. The number of carbonyl (C=O) groups is 2. The number of nitrogens with one attached hydrogen (secondary N) is 1. The molecule has 0 saturated carbocycles. The first-order valence-electron chi connectivity index (χ1n) is 7.60. The number of anilines is 1. The zero-order valence-electron chi connectivity index (χ0n) is 14.4. The molecule has 0 aliphatic rings. The maximum atomic E-state index is 12.3. The molecule has 10 heteroatoms. The fourth-order valence-electron chi connectivity index (χ4n) is 2.11. The van der Waals surface area contributed by atoms with Crippen LogP contribution in [0.1, 0.15) is 17.3 Å². The summed E-state index contributed by atoms with van der Waals surface area (Å²) in [6.45, 7) is 1.37. The normalized spacial score (nSPS) is 12.1. The molecule has 144 valence electrons. The maximum Gasteiger partial charge on any atom is 0.342 e. The van der Waals surface area contributed by atoms with Crippen LogP contribution < -0.4 is 15.2 Å². The van der Waals surface area contributed by atoms with E-state index in [0.717, 1.165) is 0 Å². The fraction of sp³-hybridized carbons (Fsp3) is 0.176. The summed E-state index contributed by atoms with van der Waals surface area (Å²) >= 11 is 5.87. The van der Waals surface area contributed by atoms with Gasteiger partial charge in [-0.05, 0) is 43.3 Å². The van der Waals surface area contributed by atoms with Crippen molar-refractivity contribution in [2.45, 2.75) is 17.9 Å². The predicted molar refractivity (Wildman–Crippen MR) is 99.3 cm³/mol. The highest BCUT2D eigenvalue weighted by atomic mass is 35.5. The Bertz CT molecular complexity index is 977. The van der Waals surface area contributed by atoms with Gasteiger partial charge >= 0.3 is 5.97 Å². The number of ether oxygens (including phenoxy) is 2. The van der Waals surface area contributed by atoms with E-state index in [9.17, 15) is 18.0 Å². The molecule has 3 N–H and O–H groups in total. The lowest BCUT2D eigenvalue weighted by Crippen LogP contribution is -2.30. The van der Waals surface area contributed by atoms with E-state index >= 15 is 0 Å². The second-order valence-corrected chi connectivity index (χ2v) is 7.45. The number of rotatable bonds is 6. The van der Waals surface area contributed by atoms with Crippen molar-refractivity contribution in [1.29, 1.82) is 0 Å². The Balaban J connectivity index is 2.10. The van der Waals surface area contributed by atoms with Crippen LogP contribution in [0.5, 0.6) is 5.75 Å². The van der Waals surface area contributed by atoms with E-state index in [1.54, 1.807) is 6.07 Å². The van der Waals surface area contributed by atoms with E-state index in [-0.39, 0.29) is 21.9 Å². The molecule has 2 aromatic rings. The van der Waals surface area contributed by atoms with Crippen LogP contribution >= 0.6 is 11.6 Å². The second-order valence-electron chi connectivity index (χ2n) is 5.45. The predicted octanol–water partition coefficient (Wildman–Crippen LogP) is 2.18. The molecule has 0 radical (unpaired) electrons. The van der Waals surface area contributed by atoms with Gasteiger partial charge in [0.2, 0.25) is 10.0 Å². The van der Waals surface area contributed by atoms with Crippen LogP contribution in [-0.2, 0) is 19.6 Å². The first kappa shape index (κ1) is 20.7. The second kappa shape index (κ2) is 8.38. The van der Waals surface area contributed by atoms with Gasteiger partial charge in [0.25, 0.3) is 5.91 Å². The monoisotopic (exact) mass is 412 g/mol. The zero-order valence-corrected chi connectivity index (χ0v) is 16.0. The van der Waals surface area contributed by atoms with Crippen molar-refractivity contribution in [1.82, 2.24) is 0 Å². The molecular weight excluding hydrogens is 396 g/mol. The van der Waals surface area contributed by atoms with Crippen LogP contribution in [-0.4, -0.2) is 33.5 Å². The summed E-state index contributed by atoms with van der Waals surface area (Å²) in [4.78, 5) is 24.4. The molecule has 1 atom stereocenters. The summed E-state index contributed by atoms with van der Waals surface area (Å²) in [7, 11) is -2.53. The minimum Gasteiger partial charge on any atom is -0.496 e. The third kappa shape index (κ3) is 5.43. The number of halogens is 1. The Labute approximate surface area is 161 Å². The van der Waals surface area contributed by atoms with Gasteiger partial charge in [-0.25, -0.2) is 18.4 Å². The van der Waals surface area contributed by atoms with Crippen LogP contribution in [0.2, 0.25) is 5.02 Å². The van der Waals surface area contributed by atoms with E-state index in [2.05, 4.69) is 5.32 Å². The highest BCUT2D eigenvalue weighted by molar-refractivity contribution is 7.89. The Hall–Kier alpha value is -2.62. The third-order valence-corrected chi connectivity index (χ3v) is 4.61. The molecule has 2 aromatic carbocycles. The number of amides is 1. The molecule has 0 saturated heterocycles. The Morgan fingerprint density at radius 2 is 1.89 bits per heavy atom. The molecule has 0 aliphatic carbocycles. The average Bonchev–Trinajstić information content (AvgIpc) is 2.61. The van der Waals surface area contributed by atoms with Crippen molar-refractivity contribution in [3.05, 3.63) is 53.1 Å². The van der Waals surface area contributed by atoms with Gasteiger partial charge in [-0.15, -0.1) is 0 Å². The first-order chi connectivity index (χ1) is 12.6. The molecule has 8 nitrogen and oxygen atoms in total. The molecule has 0 heterocycles. The summed E-state index contributed by atoms with van der Waals surface area (Å²) in [6, 6.07) is 9.79. The summed E-state index contributed by atoms with van der Waals surface area (Å²) in [5, 5.41) is 7.82. The number of carbonyl (C=O) groups excluding carboxylic acids is 2. The number of primary sulfonamides is 1. The Morgan fingerprint density at radius 1 is 1.19 bits per heavy atom. The Morgan fingerprint density at radius 3 is 2.52 bits per heavy atom. The summed E-state index contributed by atoms with van der Waals surface area (Å²) in [5.41, 5.74) is 0.260. The van der Waals surface area contributed by atoms with Gasteiger partial charge in [0.15, 0.2) is 6.10 Å². The van der Waals surface area contributed by atoms with Gasteiger partial charge in [0, 0.05) is 10.7 Å².